The molecule has 0 saturated carbocycles. The van der Waals surface area contributed by atoms with Crippen molar-refractivity contribution in [3.05, 3.63) is 84.1 Å². The van der Waals surface area contributed by atoms with Crippen molar-refractivity contribution in [2.75, 3.05) is 15.8 Å². The highest BCUT2D eigenvalue weighted by Crippen LogP contribution is 2.18. The first-order chi connectivity index (χ1) is 12.5. The predicted octanol–water partition coefficient (Wildman–Crippen LogP) is 4.12. The third-order valence-corrected chi connectivity index (χ3v) is 5.09. The smallest absolute Gasteiger partial charge is 0.234 e. The fourth-order valence-corrected chi connectivity index (χ4v) is 3.57. The van der Waals surface area contributed by atoms with E-state index < -0.39 is 10.0 Å². The second kappa shape index (κ2) is 8.01. The van der Waals surface area contributed by atoms with Crippen LogP contribution in [0.3, 0.4) is 0 Å². The topological polar surface area (TPSA) is 71.1 Å². The quantitative estimate of drug-likeness (QED) is 0.659. The summed E-state index contributed by atoms with van der Waals surface area (Å²) in [5.74, 6) is 0.329. The fraction of sp³-hybridized carbons (Fsp3) is 0.150. The molecule has 5 nitrogen and oxygen atoms in total. The molecule has 0 amide bonds. The van der Waals surface area contributed by atoms with E-state index in [1.165, 1.54) is 0 Å². The zero-order chi connectivity index (χ0) is 18.4. The largest absolute Gasteiger partial charge is 0.354 e. The Hall–Kier alpha value is -2.86. The maximum atomic E-state index is 12.2. The van der Waals surface area contributed by atoms with Crippen molar-refractivity contribution in [2.24, 2.45) is 0 Å². The normalized spacial score (nSPS) is 11.1. The standard InChI is InChI=1S/C20H21N3O2S/c1-16-6-5-9-18(14-16)22-19-10-11-20(21-15-19)23-26(24,25)13-12-17-7-3-2-4-8-17/h2-11,14-15,22H,12-13H2,1H3,(H,21,23). The number of pyridine rings is 1. The van der Waals surface area contributed by atoms with Gasteiger partial charge in [0.1, 0.15) is 5.82 Å². The predicted molar refractivity (Wildman–Crippen MR) is 106 cm³/mol. The molecule has 3 rings (SSSR count). The van der Waals surface area contributed by atoms with Gasteiger partial charge < -0.3 is 5.32 Å². The summed E-state index contributed by atoms with van der Waals surface area (Å²) in [4.78, 5) is 4.18. The number of sulfonamides is 1. The molecule has 0 unspecified atom stereocenters. The average Bonchev–Trinajstić information content (AvgIpc) is 2.63. The molecule has 2 N–H and O–H groups in total. The Morgan fingerprint density at radius 1 is 0.923 bits per heavy atom. The third-order valence-electron chi connectivity index (χ3n) is 3.83. The van der Waals surface area contributed by atoms with Crippen LogP contribution >= 0.6 is 0 Å². The Balaban J connectivity index is 1.59. The summed E-state index contributed by atoms with van der Waals surface area (Å²) >= 11 is 0. The van der Waals surface area contributed by atoms with Crippen LogP contribution in [0, 0.1) is 6.92 Å². The highest BCUT2D eigenvalue weighted by Gasteiger charge is 2.11. The molecule has 3 aromatic rings. The van der Waals surface area contributed by atoms with Crippen LogP contribution in [0.2, 0.25) is 0 Å². The average molecular weight is 367 g/mol. The SMILES string of the molecule is Cc1cccc(Nc2ccc(NS(=O)(=O)CCc3ccccc3)nc2)c1. The van der Waals surface area contributed by atoms with Crippen molar-refractivity contribution in [3.63, 3.8) is 0 Å². The number of rotatable bonds is 7. The number of benzene rings is 2. The van der Waals surface area contributed by atoms with Gasteiger partial charge in [-0.1, -0.05) is 42.5 Å². The lowest BCUT2D eigenvalue weighted by molar-refractivity contribution is 0.600. The molecule has 134 valence electrons. The Bertz CT molecular complexity index is 956. The molecule has 2 aromatic carbocycles. The number of aryl methyl sites for hydroxylation is 2. The van der Waals surface area contributed by atoms with Crippen LogP contribution in [0.4, 0.5) is 17.2 Å². The van der Waals surface area contributed by atoms with Crippen molar-refractivity contribution in [3.8, 4) is 0 Å². The second-order valence-corrected chi connectivity index (χ2v) is 7.92. The van der Waals surface area contributed by atoms with E-state index in [2.05, 4.69) is 15.0 Å². The Labute approximate surface area is 154 Å². The molecule has 0 bridgehead atoms. The van der Waals surface area contributed by atoms with Gasteiger partial charge in [0.15, 0.2) is 0 Å². The highest BCUT2D eigenvalue weighted by atomic mass is 32.2. The van der Waals surface area contributed by atoms with Gasteiger partial charge in [0.25, 0.3) is 0 Å². The molecule has 0 fully saturated rings. The molecule has 0 spiro atoms. The molecular weight excluding hydrogens is 346 g/mol. The minimum absolute atomic E-state index is 0.0159. The maximum Gasteiger partial charge on any atom is 0.234 e. The van der Waals surface area contributed by atoms with Crippen molar-refractivity contribution >= 4 is 27.2 Å². The van der Waals surface area contributed by atoms with E-state index >= 15 is 0 Å². The van der Waals surface area contributed by atoms with Gasteiger partial charge in [0, 0.05) is 5.69 Å². The highest BCUT2D eigenvalue weighted by molar-refractivity contribution is 7.92. The summed E-state index contributed by atoms with van der Waals surface area (Å²) in [7, 11) is -3.44. The minimum Gasteiger partial charge on any atom is -0.354 e. The number of anilines is 3. The summed E-state index contributed by atoms with van der Waals surface area (Å²) in [5.41, 5.74) is 3.90. The maximum absolute atomic E-state index is 12.2. The molecule has 0 saturated heterocycles. The van der Waals surface area contributed by atoms with E-state index in [0.717, 1.165) is 22.5 Å². The lowest BCUT2D eigenvalue weighted by Gasteiger charge is -2.10. The summed E-state index contributed by atoms with van der Waals surface area (Å²) in [5, 5.41) is 3.24. The summed E-state index contributed by atoms with van der Waals surface area (Å²) in [6.07, 6.45) is 2.07. The summed E-state index contributed by atoms with van der Waals surface area (Å²) in [6.45, 7) is 2.02. The first kappa shape index (κ1) is 17.9. The lowest BCUT2D eigenvalue weighted by Crippen LogP contribution is -2.18. The van der Waals surface area contributed by atoms with E-state index in [-0.39, 0.29) is 5.75 Å². The van der Waals surface area contributed by atoms with E-state index in [1.54, 1.807) is 18.3 Å². The Kier molecular flexibility index (Phi) is 5.53. The molecular formula is C20H21N3O2S. The van der Waals surface area contributed by atoms with Crippen molar-refractivity contribution in [2.45, 2.75) is 13.3 Å². The van der Waals surface area contributed by atoms with E-state index in [4.69, 9.17) is 0 Å². The van der Waals surface area contributed by atoms with E-state index in [1.807, 2.05) is 61.5 Å². The van der Waals surface area contributed by atoms with Crippen LogP contribution in [0.15, 0.2) is 72.9 Å². The number of nitrogens with zero attached hydrogens (tertiary/aromatic N) is 1. The molecule has 0 radical (unpaired) electrons. The van der Waals surface area contributed by atoms with Crippen molar-refractivity contribution in [1.29, 1.82) is 0 Å². The van der Waals surface area contributed by atoms with Gasteiger partial charge in [-0.05, 0) is 48.7 Å². The zero-order valence-corrected chi connectivity index (χ0v) is 15.3. The van der Waals surface area contributed by atoms with Crippen LogP contribution in [-0.4, -0.2) is 19.2 Å². The molecule has 0 aliphatic carbocycles. The first-order valence-electron chi connectivity index (χ1n) is 8.34. The molecule has 0 aliphatic heterocycles. The number of aromatic nitrogens is 1. The zero-order valence-electron chi connectivity index (χ0n) is 14.5. The van der Waals surface area contributed by atoms with Crippen LogP contribution in [0.25, 0.3) is 0 Å². The van der Waals surface area contributed by atoms with Gasteiger partial charge in [-0.25, -0.2) is 13.4 Å². The lowest BCUT2D eigenvalue weighted by atomic mass is 10.2. The number of hydrogen-bond acceptors (Lipinski definition) is 4. The number of nitrogens with one attached hydrogen (secondary N) is 2. The van der Waals surface area contributed by atoms with Gasteiger partial charge in [-0.15, -0.1) is 0 Å². The molecule has 0 aliphatic rings. The second-order valence-electron chi connectivity index (χ2n) is 6.08. The molecule has 26 heavy (non-hydrogen) atoms. The van der Waals surface area contributed by atoms with Gasteiger partial charge in [0.05, 0.1) is 17.6 Å². The summed E-state index contributed by atoms with van der Waals surface area (Å²) < 4.78 is 27.0. The van der Waals surface area contributed by atoms with Gasteiger partial charge >= 0.3 is 0 Å². The summed E-state index contributed by atoms with van der Waals surface area (Å²) in [6, 6.07) is 21.0. The minimum atomic E-state index is -3.44. The fourth-order valence-electron chi connectivity index (χ4n) is 2.52. The Morgan fingerprint density at radius 2 is 1.73 bits per heavy atom. The van der Waals surface area contributed by atoms with Crippen LogP contribution in [-0.2, 0) is 16.4 Å². The molecule has 0 atom stereocenters. The monoisotopic (exact) mass is 367 g/mol. The molecule has 1 heterocycles. The van der Waals surface area contributed by atoms with Crippen molar-refractivity contribution < 1.29 is 8.42 Å². The van der Waals surface area contributed by atoms with Crippen molar-refractivity contribution in [1.82, 2.24) is 4.98 Å². The van der Waals surface area contributed by atoms with Gasteiger partial charge in [-0.3, -0.25) is 4.72 Å². The van der Waals surface area contributed by atoms with E-state index in [0.29, 0.717) is 12.2 Å². The number of hydrogen-bond donors (Lipinski definition) is 2. The van der Waals surface area contributed by atoms with Crippen LogP contribution in [0.5, 0.6) is 0 Å². The first-order valence-corrected chi connectivity index (χ1v) is 10.00. The third kappa shape index (κ3) is 5.32. The van der Waals surface area contributed by atoms with Gasteiger partial charge in [0.2, 0.25) is 10.0 Å². The van der Waals surface area contributed by atoms with Gasteiger partial charge in [-0.2, -0.15) is 0 Å². The van der Waals surface area contributed by atoms with E-state index in [9.17, 15) is 8.42 Å². The molecule has 1 aromatic heterocycles. The Morgan fingerprint density at radius 3 is 2.42 bits per heavy atom. The van der Waals surface area contributed by atoms with Crippen LogP contribution < -0.4 is 10.0 Å². The molecule has 6 heteroatoms. The van der Waals surface area contributed by atoms with Crippen LogP contribution in [0.1, 0.15) is 11.1 Å².